The van der Waals surface area contributed by atoms with E-state index in [0.717, 1.165) is 60.0 Å². The molecule has 39 heavy (non-hydrogen) atoms. The minimum atomic E-state index is -0.896. The minimum Gasteiger partial charge on any atom is -0.497 e. The summed E-state index contributed by atoms with van der Waals surface area (Å²) < 4.78 is 5.60. The second-order valence-electron chi connectivity index (χ2n) is 11.9. The van der Waals surface area contributed by atoms with Crippen LogP contribution < -0.4 is 4.74 Å². The van der Waals surface area contributed by atoms with Gasteiger partial charge in [-0.15, -0.1) is 6.58 Å². The van der Waals surface area contributed by atoms with E-state index in [4.69, 9.17) is 4.74 Å². The summed E-state index contributed by atoms with van der Waals surface area (Å²) in [5.74, 6) is 1.21. The van der Waals surface area contributed by atoms with Crippen LogP contribution in [0.4, 0.5) is 0 Å². The van der Waals surface area contributed by atoms with Crippen LogP contribution in [0.2, 0.25) is 0 Å². The Kier molecular flexibility index (Phi) is 7.84. The Labute approximate surface area is 233 Å². The van der Waals surface area contributed by atoms with Crippen molar-refractivity contribution in [1.29, 1.82) is 0 Å². The molecule has 1 amide bonds. The summed E-state index contributed by atoms with van der Waals surface area (Å²) in [6, 6.07) is 22.5. The molecule has 5 nitrogen and oxygen atoms in total. The fraction of sp³-hybridized carbons (Fsp3) is 0.441. The van der Waals surface area contributed by atoms with E-state index >= 15 is 0 Å². The van der Waals surface area contributed by atoms with Gasteiger partial charge in [-0.3, -0.25) is 9.69 Å². The molecule has 1 aliphatic carbocycles. The van der Waals surface area contributed by atoms with E-state index in [0.29, 0.717) is 25.4 Å². The Morgan fingerprint density at radius 2 is 1.92 bits per heavy atom. The number of fused-ring (bicyclic) bond motifs is 2. The predicted octanol–water partition coefficient (Wildman–Crippen LogP) is 6.06. The number of hydrogen-bond donors (Lipinski definition) is 1. The van der Waals surface area contributed by atoms with Gasteiger partial charge in [0.2, 0.25) is 0 Å². The van der Waals surface area contributed by atoms with Crippen molar-refractivity contribution in [1.82, 2.24) is 9.80 Å². The number of rotatable bonds is 8. The van der Waals surface area contributed by atoms with Gasteiger partial charge in [0.05, 0.1) is 12.7 Å². The Balaban J connectivity index is 1.53. The fourth-order valence-corrected chi connectivity index (χ4v) is 7.04. The summed E-state index contributed by atoms with van der Waals surface area (Å²) in [4.78, 5) is 18.6. The summed E-state index contributed by atoms with van der Waals surface area (Å²) in [6.45, 7) is 11.2. The van der Waals surface area contributed by atoms with Crippen LogP contribution in [-0.4, -0.2) is 65.7 Å². The van der Waals surface area contributed by atoms with Crippen molar-refractivity contribution in [3.63, 3.8) is 0 Å². The van der Waals surface area contributed by atoms with Crippen LogP contribution in [0.25, 0.3) is 10.8 Å². The molecule has 0 bridgehead atoms. The van der Waals surface area contributed by atoms with Crippen molar-refractivity contribution >= 4 is 16.7 Å². The van der Waals surface area contributed by atoms with E-state index in [1.165, 1.54) is 0 Å². The molecule has 2 fully saturated rings. The molecule has 5 rings (SSSR count). The zero-order chi connectivity index (χ0) is 27.6. The Bertz CT molecular complexity index is 1340. The highest BCUT2D eigenvalue weighted by Gasteiger charge is 2.58. The molecule has 1 saturated heterocycles. The van der Waals surface area contributed by atoms with Crippen molar-refractivity contribution in [2.75, 3.05) is 33.3 Å². The molecule has 1 aliphatic heterocycles. The largest absolute Gasteiger partial charge is 0.497 e. The smallest absolute Gasteiger partial charge is 0.254 e. The normalized spacial score (nSPS) is 25.3. The molecule has 0 spiro atoms. The number of amides is 1. The van der Waals surface area contributed by atoms with Gasteiger partial charge in [0.25, 0.3) is 5.91 Å². The molecule has 206 valence electrons. The number of benzene rings is 3. The van der Waals surface area contributed by atoms with E-state index in [1.54, 1.807) is 7.11 Å². The molecule has 5 heteroatoms. The quantitative estimate of drug-likeness (QED) is 0.363. The van der Waals surface area contributed by atoms with Crippen LogP contribution in [0.15, 0.2) is 79.4 Å². The number of β-amino-alcohol motifs (C(OH)–C–C–N with tert-alkyl or cyclic N) is 1. The van der Waals surface area contributed by atoms with Crippen LogP contribution in [-0.2, 0) is 5.41 Å². The predicted molar refractivity (Wildman–Crippen MR) is 158 cm³/mol. The topological polar surface area (TPSA) is 53.0 Å². The number of nitrogens with zero attached hydrogens (tertiary/aromatic N) is 2. The van der Waals surface area contributed by atoms with E-state index in [-0.39, 0.29) is 11.9 Å². The lowest BCUT2D eigenvalue weighted by molar-refractivity contribution is -0.131. The van der Waals surface area contributed by atoms with Gasteiger partial charge in [0, 0.05) is 36.7 Å². The number of piperidine rings is 1. The van der Waals surface area contributed by atoms with Crippen molar-refractivity contribution in [2.24, 2.45) is 5.92 Å². The van der Waals surface area contributed by atoms with Gasteiger partial charge in [-0.2, -0.15) is 0 Å². The van der Waals surface area contributed by atoms with Crippen molar-refractivity contribution < 1.29 is 14.6 Å². The van der Waals surface area contributed by atoms with E-state index in [9.17, 15) is 9.90 Å². The van der Waals surface area contributed by atoms with Crippen LogP contribution >= 0.6 is 0 Å². The molecular formula is C34H42N2O3. The molecule has 3 aromatic rings. The highest BCUT2D eigenvalue weighted by atomic mass is 16.5. The number of aliphatic hydroxyl groups is 1. The summed E-state index contributed by atoms with van der Waals surface area (Å²) in [5, 5.41) is 14.6. The van der Waals surface area contributed by atoms with Gasteiger partial charge < -0.3 is 14.7 Å². The van der Waals surface area contributed by atoms with Crippen molar-refractivity contribution in [3.05, 3.63) is 90.5 Å². The number of hydrogen-bond acceptors (Lipinski definition) is 4. The number of ether oxygens (including phenoxy) is 1. The standard InChI is InChI=1S/C34H42N2O3/c1-5-18-35-19-17-33(29-11-8-12-31(21-29)39-4)22-30(15-16-34(33,38)24-35)36(23-25(2)3)32(37)28-14-13-26-9-6-7-10-27(26)20-28/h5-14,20-21,25,30,38H,1,15-19,22-24H2,2-4H3/t30-,33+,34+/m1/s1. The molecule has 1 heterocycles. The first-order valence-electron chi connectivity index (χ1n) is 14.3. The number of likely N-dealkylation sites (tertiary alicyclic amines) is 1. The van der Waals surface area contributed by atoms with E-state index < -0.39 is 11.0 Å². The second-order valence-corrected chi connectivity index (χ2v) is 11.9. The van der Waals surface area contributed by atoms with E-state index in [2.05, 4.69) is 54.5 Å². The van der Waals surface area contributed by atoms with Crippen LogP contribution in [0.3, 0.4) is 0 Å². The monoisotopic (exact) mass is 526 g/mol. The maximum Gasteiger partial charge on any atom is 0.254 e. The highest BCUT2D eigenvalue weighted by Crippen LogP contribution is 2.53. The Morgan fingerprint density at radius 3 is 2.67 bits per heavy atom. The maximum absolute atomic E-state index is 14.2. The SMILES string of the molecule is C=CCN1CC[C@@]2(c3cccc(OC)c3)C[C@H](N(CC(C)C)C(=O)c3ccc4ccccc4c3)CC[C@]2(O)C1. The maximum atomic E-state index is 14.2. The van der Waals surface area contributed by atoms with Gasteiger partial charge >= 0.3 is 0 Å². The molecule has 0 aromatic heterocycles. The molecular weight excluding hydrogens is 484 g/mol. The summed E-state index contributed by atoms with van der Waals surface area (Å²) in [5.41, 5.74) is 0.467. The number of methoxy groups -OCH3 is 1. The molecule has 2 aliphatic rings. The first-order valence-corrected chi connectivity index (χ1v) is 14.3. The van der Waals surface area contributed by atoms with Crippen LogP contribution in [0, 0.1) is 5.92 Å². The third-order valence-electron chi connectivity index (χ3n) is 8.98. The summed E-state index contributed by atoms with van der Waals surface area (Å²) in [7, 11) is 1.69. The van der Waals surface area contributed by atoms with Crippen molar-refractivity contribution in [3.8, 4) is 5.75 Å². The third-order valence-corrected chi connectivity index (χ3v) is 8.98. The zero-order valence-electron chi connectivity index (χ0n) is 23.6. The molecule has 1 saturated carbocycles. The van der Waals surface area contributed by atoms with Gasteiger partial charge in [-0.05, 0) is 78.7 Å². The van der Waals surface area contributed by atoms with Gasteiger partial charge in [-0.1, -0.05) is 62.4 Å². The average Bonchev–Trinajstić information content (AvgIpc) is 2.95. The van der Waals surface area contributed by atoms with Crippen LogP contribution in [0.5, 0.6) is 5.75 Å². The molecule has 1 N–H and O–H groups in total. The van der Waals surface area contributed by atoms with Crippen LogP contribution in [0.1, 0.15) is 55.5 Å². The molecule has 0 unspecified atom stereocenters. The van der Waals surface area contributed by atoms with E-state index in [1.807, 2.05) is 48.5 Å². The first kappa shape index (κ1) is 27.4. The van der Waals surface area contributed by atoms with Crippen molar-refractivity contribution in [2.45, 2.75) is 56.6 Å². The van der Waals surface area contributed by atoms with Gasteiger partial charge in [0.1, 0.15) is 5.75 Å². The molecule has 3 aromatic carbocycles. The minimum absolute atomic E-state index is 0.0313. The number of carbonyl (C=O) groups is 1. The lowest BCUT2D eigenvalue weighted by Gasteiger charge is -2.59. The van der Waals surface area contributed by atoms with Gasteiger partial charge in [-0.25, -0.2) is 0 Å². The Morgan fingerprint density at radius 1 is 1.13 bits per heavy atom. The first-order chi connectivity index (χ1) is 18.8. The molecule has 3 atom stereocenters. The third kappa shape index (κ3) is 5.22. The fourth-order valence-electron chi connectivity index (χ4n) is 7.04. The number of carbonyl (C=O) groups excluding carboxylic acids is 1. The van der Waals surface area contributed by atoms with Gasteiger partial charge in [0.15, 0.2) is 0 Å². The highest BCUT2D eigenvalue weighted by molar-refractivity contribution is 5.98. The molecule has 0 radical (unpaired) electrons. The summed E-state index contributed by atoms with van der Waals surface area (Å²) >= 11 is 0. The average molecular weight is 527 g/mol. The lowest BCUT2D eigenvalue weighted by Crippen LogP contribution is -2.67. The lowest BCUT2D eigenvalue weighted by atomic mass is 9.55. The summed E-state index contributed by atoms with van der Waals surface area (Å²) in [6.07, 6.45) is 4.88. The second kappa shape index (κ2) is 11.1. The Hall–Kier alpha value is -3.15. The zero-order valence-corrected chi connectivity index (χ0v) is 23.6.